The quantitative estimate of drug-likeness (QED) is 0.759. The summed E-state index contributed by atoms with van der Waals surface area (Å²) >= 11 is 1.53. The van der Waals surface area contributed by atoms with Gasteiger partial charge in [0.15, 0.2) is 18.1 Å². The number of anilines is 1. The Morgan fingerprint density at radius 2 is 1.86 bits per heavy atom. The minimum Gasteiger partial charge on any atom is -0.452 e. The number of carbonyl (C=O) groups excluding carboxylic acids is 2. The highest BCUT2D eigenvalue weighted by Crippen LogP contribution is 2.46. The molecule has 2 aliphatic rings. The van der Waals surface area contributed by atoms with E-state index in [0.29, 0.717) is 22.7 Å². The van der Waals surface area contributed by atoms with Crippen LogP contribution in [0.1, 0.15) is 52.2 Å². The Labute approximate surface area is 167 Å². The number of ether oxygens (including phenoxy) is 3. The van der Waals surface area contributed by atoms with Crippen LogP contribution in [-0.2, 0) is 9.53 Å². The standard InChI is InChI=1S/C21H23NO5S/c1-13-10-16(14(2)28-13)20(24)25-12-19(23)22-15-6-7-17-18(11-15)27-21(26-17)8-4-3-5-9-21/h6-7,10-11H,3-5,8-9,12H2,1-2H3,(H,22,23). The molecule has 1 N–H and O–H groups in total. The van der Waals surface area contributed by atoms with Crippen LogP contribution in [0.25, 0.3) is 0 Å². The average molecular weight is 401 g/mol. The summed E-state index contributed by atoms with van der Waals surface area (Å²) < 4.78 is 17.2. The highest BCUT2D eigenvalue weighted by molar-refractivity contribution is 7.12. The van der Waals surface area contributed by atoms with Crippen LogP contribution in [0.2, 0.25) is 0 Å². The molecule has 148 valence electrons. The molecule has 0 radical (unpaired) electrons. The lowest BCUT2D eigenvalue weighted by Gasteiger charge is -2.31. The highest BCUT2D eigenvalue weighted by Gasteiger charge is 2.42. The first-order chi connectivity index (χ1) is 13.4. The van der Waals surface area contributed by atoms with Gasteiger partial charge in [-0.1, -0.05) is 6.42 Å². The van der Waals surface area contributed by atoms with Gasteiger partial charge in [0.25, 0.3) is 11.7 Å². The summed E-state index contributed by atoms with van der Waals surface area (Å²) in [5.74, 6) is -0.0863. The van der Waals surface area contributed by atoms with Gasteiger partial charge in [0.1, 0.15) is 0 Å². The molecule has 1 fully saturated rings. The van der Waals surface area contributed by atoms with E-state index in [0.717, 1.165) is 35.4 Å². The lowest BCUT2D eigenvalue weighted by atomic mass is 9.94. The first kappa shape index (κ1) is 18.8. The van der Waals surface area contributed by atoms with E-state index in [9.17, 15) is 9.59 Å². The highest BCUT2D eigenvalue weighted by atomic mass is 32.1. The van der Waals surface area contributed by atoms with Crippen molar-refractivity contribution in [1.82, 2.24) is 0 Å². The smallest absolute Gasteiger partial charge is 0.339 e. The van der Waals surface area contributed by atoms with Gasteiger partial charge in [-0.05, 0) is 44.9 Å². The molecule has 2 aromatic rings. The SMILES string of the molecule is Cc1cc(C(=O)OCC(=O)Nc2ccc3c(c2)OC2(CCCCC2)O3)c(C)s1. The lowest BCUT2D eigenvalue weighted by Crippen LogP contribution is -2.40. The lowest BCUT2D eigenvalue weighted by molar-refractivity contribution is -0.119. The fraction of sp³-hybridized carbons (Fsp3) is 0.429. The maximum absolute atomic E-state index is 12.2. The zero-order valence-corrected chi connectivity index (χ0v) is 16.8. The molecule has 0 bridgehead atoms. The Balaban J connectivity index is 1.34. The predicted molar refractivity (Wildman–Crippen MR) is 106 cm³/mol. The molecule has 28 heavy (non-hydrogen) atoms. The monoisotopic (exact) mass is 401 g/mol. The van der Waals surface area contributed by atoms with Gasteiger partial charge in [-0.2, -0.15) is 0 Å². The molecule has 0 saturated heterocycles. The topological polar surface area (TPSA) is 73.9 Å². The summed E-state index contributed by atoms with van der Waals surface area (Å²) in [5.41, 5.74) is 1.09. The molecule has 1 amide bonds. The molecule has 1 aliphatic heterocycles. The third kappa shape index (κ3) is 3.85. The molecule has 1 aromatic heterocycles. The molecular weight excluding hydrogens is 378 g/mol. The summed E-state index contributed by atoms with van der Waals surface area (Å²) in [5, 5.41) is 2.74. The molecule has 1 aliphatic carbocycles. The van der Waals surface area contributed by atoms with Crippen LogP contribution in [0, 0.1) is 13.8 Å². The molecule has 1 spiro atoms. The van der Waals surface area contributed by atoms with Crippen LogP contribution < -0.4 is 14.8 Å². The Morgan fingerprint density at radius 1 is 1.11 bits per heavy atom. The summed E-state index contributed by atoms with van der Waals surface area (Å²) in [6, 6.07) is 7.10. The summed E-state index contributed by atoms with van der Waals surface area (Å²) in [6.45, 7) is 3.45. The number of amides is 1. The maximum atomic E-state index is 12.2. The van der Waals surface area contributed by atoms with E-state index in [1.54, 1.807) is 24.3 Å². The van der Waals surface area contributed by atoms with Crippen molar-refractivity contribution >= 4 is 28.9 Å². The molecular formula is C21H23NO5S. The van der Waals surface area contributed by atoms with E-state index in [4.69, 9.17) is 14.2 Å². The normalized spacial score (nSPS) is 16.8. The molecule has 7 heteroatoms. The summed E-state index contributed by atoms with van der Waals surface area (Å²) in [7, 11) is 0. The van der Waals surface area contributed by atoms with Gasteiger partial charge in [-0.15, -0.1) is 11.3 Å². The number of hydrogen-bond donors (Lipinski definition) is 1. The van der Waals surface area contributed by atoms with Crippen LogP contribution >= 0.6 is 11.3 Å². The van der Waals surface area contributed by atoms with Gasteiger partial charge in [0.2, 0.25) is 0 Å². The Morgan fingerprint density at radius 3 is 2.57 bits per heavy atom. The number of aryl methyl sites for hydroxylation is 2. The first-order valence-electron chi connectivity index (χ1n) is 9.50. The van der Waals surface area contributed by atoms with E-state index in [1.807, 2.05) is 13.8 Å². The third-order valence-electron chi connectivity index (χ3n) is 5.03. The van der Waals surface area contributed by atoms with Gasteiger partial charge in [0, 0.05) is 34.3 Å². The second-order valence-corrected chi connectivity index (χ2v) is 8.75. The fourth-order valence-corrected chi connectivity index (χ4v) is 4.62. The molecule has 1 saturated carbocycles. The molecule has 0 atom stereocenters. The van der Waals surface area contributed by atoms with Gasteiger partial charge < -0.3 is 19.5 Å². The zero-order chi connectivity index (χ0) is 19.7. The molecule has 6 nitrogen and oxygen atoms in total. The third-order valence-corrected chi connectivity index (χ3v) is 6.00. The van der Waals surface area contributed by atoms with Crippen molar-refractivity contribution in [3.8, 4) is 11.5 Å². The van der Waals surface area contributed by atoms with Gasteiger partial charge in [-0.25, -0.2) is 4.79 Å². The van der Waals surface area contributed by atoms with E-state index >= 15 is 0 Å². The number of fused-ring (bicyclic) bond motifs is 1. The largest absolute Gasteiger partial charge is 0.452 e. The van der Waals surface area contributed by atoms with Crippen molar-refractivity contribution in [2.45, 2.75) is 51.7 Å². The van der Waals surface area contributed by atoms with Crippen molar-refractivity contribution < 1.29 is 23.8 Å². The van der Waals surface area contributed by atoms with Crippen LogP contribution in [-0.4, -0.2) is 24.3 Å². The van der Waals surface area contributed by atoms with Crippen molar-refractivity contribution in [3.05, 3.63) is 39.6 Å². The van der Waals surface area contributed by atoms with Gasteiger partial charge in [-0.3, -0.25) is 4.79 Å². The van der Waals surface area contributed by atoms with Crippen molar-refractivity contribution in [2.75, 3.05) is 11.9 Å². The fourth-order valence-electron chi connectivity index (χ4n) is 3.71. The molecule has 4 rings (SSSR count). The van der Waals surface area contributed by atoms with E-state index < -0.39 is 17.7 Å². The van der Waals surface area contributed by atoms with E-state index in [-0.39, 0.29) is 6.61 Å². The molecule has 1 aromatic carbocycles. The van der Waals surface area contributed by atoms with E-state index in [1.165, 1.54) is 17.8 Å². The number of thiophene rings is 1. The Hall–Kier alpha value is -2.54. The molecule has 2 heterocycles. The second kappa shape index (κ2) is 7.47. The van der Waals surface area contributed by atoms with Gasteiger partial charge in [0.05, 0.1) is 5.56 Å². The number of carbonyl (C=O) groups is 2. The summed E-state index contributed by atoms with van der Waals surface area (Å²) in [4.78, 5) is 26.2. The van der Waals surface area contributed by atoms with Crippen LogP contribution in [0.4, 0.5) is 5.69 Å². The van der Waals surface area contributed by atoms with Crippen molar-refractivity contribution in [2.24, 2.45) is 0 Å². The van der Waals surface area contributed by atoms with Crippen LogP contribution in [0.3, 0.4) is 0 Å². The zero-order valence-electron chi connectivity index (χ0n) is 16.0. The van der Waals surface area contributed by atoms with Crippen LogP contribution in [0.15, 0.2) is 24.3 Å². The second-order valence-electron chi connectivity index (χ2n) is 7.29. The van der Waals surface area contributed by atoms with Crippen molar-refractivity contribution in [1.29, 1.82) is 0 Å². The van der Waals surface area contributed by atoms with Gasteiger partial charge >= 0.3 is 5.97 Å². The maximum Gasteiger partial charge on any atom is 0.339 e. The van der Waals surface area contributed by atoms with E-state index in [2.05, 4.69) is 5.32 Å². The Kier molecular flexibility index (Phi) is 5.02. The number of rotatable bonds is 4. The number of esters is 1. The predicted octanol–water partition coefficient (Wildman–Crippen LogP) is 4.59. The minimum atomic E-state index is -0.546. The average Bonchev–Trinajstić information content (AvgIpc) is 3.18. The molecule has 0 unspecified atom stereocenters. The van der Waals surface area contributed by atoms with Crippen molar-refractivity contribution in [3.63, 3.8) is 0 Å². The number of nitrogens with one attached hydrogen (secondary N) is 1. The van der Waals surface area contributed by atoms with Crippen LogP contribution in [0.5, 0.6) is 11.5 Å². The first-order valence-corrected chi connectivity index (χ1v) is 10.3. The number of hydrogen-bond acceptors (Lipinski definition) is 6. The number of benzene rings is 1. The minimum absolute atomic E-state index is 0.342. The summed E-state index contributed by atoms with van der Waals surface area (Å²) in [6.07, 6.45) is 5.13. The Bertz CT molecular complexity index is 914.